The molecule has 2 aromatic heterocycles. The summed E-state index contributed by atoms with van der Waals surface area (Å²) in [5.41, 5.74) is -2.75. The van der Waals surface area contributed by atoms with Crippen molar-refractivity contribution in [2.45, 2.75) is 18.6 Å². The van der Waals surface area contributed by atoms with E-state index >= 15 is 0 Å². The number of amides is 1. The summed E-state index contributed by atoms with van der Waals surface area (Å²) in [7, 11) is 1.38. The molecule has 1 aliphatic rings. The van der Waals surface area contributed by atoms with Crippen LogP contribution in [-0.4, -0.2) is 85.1 Å². The van der Waals surface area contributed by atoms with Crippen LogP contribution in [0.25, 0.3) is 0 Å². The van der Waals surface area contributed by atoms with Crippen molar-refractivity contribution in [2.24, 2.45) is 0 Å². The molecular weight excluding hydrogens is 483 g/mol. The highest BCUT2D eigenvalue weighted by Crippen LogP contribution is 2.31. The number of hydrogen-bond acceptors (Lipinski definition) is 9. The third-order valence-electron chi connectivity index (χ3n) is 5.48. The molecular formula is C22H26F3N7O4. The second-order valence-electron chi connectivity index (χ2n) is 7.99. The van der Waals surface area contributed by atoms with Crippen LogP contribution in [0.1, 0.15) is 17.5 Å². The van der Waals surface area contributed by atoms with E-state index in [0.717, 1.165) is 12.0 Å². The van der Waals surface area contributed by atoms with Gasteiger partial charge in [-0.2, -0.15) is 23.5 Å². The van der Waals surface area contributed by atoms with E-state index in [0.29, 0.717) is 31.7 Å². The Balaban J connectivity index is 1.45. The van der Waals surface area contributed by atoms with Crippen LogP contribution in [0.2, 0.25) is 0 Å². The highest BCUT2D eigenvalue weighted by molar-refractivity contribution is 5.76. The maximum Gasteiger partial charge on any atom is 0.423 e. The monoisotopic (exact) mass is 509 g/mol. The minimum atomic E-state index is -4.87. The van der Waals surface area contributed by atoms with Crippen LogP contribution in [0, 0.1) is 11.3 Å². The number of carbonyl (C=O) groups excluding carboxylic acids is 1. The number of ether oxygens (including phenoxy) is 2. The molecule has 3 heterocycles. The molecule has 11 nitrogen and oxygen atoms in total. The molecule has 1 aliphatic heterocycles. The normalized spacial score (nSPS) is 14.9. The predicted octanol–water partition coefficient (Wildman–Crippen LogP) is 1.24. The zero-order valence-corrected chi connectivity index (χ0v) is 19.5. The van der Waals surface area contributed by atoms with Gasteiger partial charge >= 0.3 is 6.18 Å². The molecule has 3 rings (SSSR count). The van der Waals surface area contributed by atoms with Crippen molar-refractivity contribution in [1.82, 2.24) is 20.1 Å². The number of nitrogens with one attached hydrogen (secondary N) is 2. The summed E-state index contributed by atoms with van der Waals surface area (Å²) in [5.74, 6) is 0.641. The maximum atomic E-state index is 13.3. The predicted molar refractivity (Wildman–Crippen MR) is 122 cm³/mol. The first-order chi connectivity index (χ1) is 17.2. The maximum absolute atomic E-state index is 13.3. The average Bonchev–Trinajstić information content (AvgIpc) is 2.86. The van der Waals surface area contributed by atoms with E-state index in [2.05, 4.69) is 15.4 Å². The van der Waals surface area contributed by atoms with Crippen LogP contribution in [0.15, 0.2) is 29.3 Å². The summed E-state index contributed by atoms with van der Waals surface area (Å²) in [5, 5.41) is 16.7. The Kier molecular flexibility index (Phi) is 9.20. The summed E-state index contributed by atoms with van der Waals surface area (Å²) in [6.45, 7) is 2.22. The van der Waals surface area contributed by atoms with Gasteiger partial charge in [0, 0.05) is 39.5 Å². The third kappa shape index (κ3) is 7.15. The first-order valence-corrected chi connectivity index (χ1v) is 11.1. The Morgan fingerprint density at radius 3 is 2.61 bits per heavy atom. The molecule has 0 spiro atoms. The number of rotatable bonds is 10. The third-order valence-corrected chi connectivity index (χ3v) is 5.48. The molecule has 194 valence electrons. The fourth-order valence-electron chi connectivity index (χ4n) is 3.71. The molecule has 14 heteroatoms. The van der Waals surface area contributed by atoms with Gasteiger partial charge in [0.2, 0.25) is 5.91 Å². The fraction of sp³-hybridized carbons (Fsp3) is 0.500. The zero-order valence-electron chi connectivity index (χ0n) is 19.5. The SMILES string of the molecule is COCC(COCCC(=O)N1CCN(c2ccc(C#N)cn2)CC1)Nc1cn[nH]c(=O)c1C(F)(F)F. The van der Waals surface area contributed by atoms with Gasteiger partial charge in [0.25, 0.3) is 5.56 Å². The van der Waals surface area contributed by atoms with Gasteiger partial charge in [0.05, 0.1) is 49.7 Å². The Morgan fingerprint density at radius 2 is 2.00 bits per heavy atom. The molecule has 0 saturated carbocycles. The van der Waals surface area contributed by atoms with E-state index in [1.54, 1.807) is 22.1 Å². The Morgan fingerprint density at radius 1 is 1.25 bits per heavy atom. The number of H-pyrrole nitrogens is 1. The number of methoxy groups -OCH3 is 1. The van der Waals surface area contributed by atoms with Crippen molar-refractivity contribution in [2.75, 3.05) is 63.3 Å². The number of pyridine rings is 1. The van der Waals surface area contributed by atoms with E-state index in [1.807, 2.05) is 11.0 Å². The quantitative estimate of drug-likeness (QED) is 0.453. The largest absolute Gasteiger partial charge is 0.423 e. The van der Waals surface area contributed by atoms with E-state index in [1.165, 1.54) is 13.3 Å². The average molecular weight is 509 g/mol. The van der Waals surface area contributed by atoms with Crippen LogP contribution >= 0.6 is 0 Å². The molecule has 0 bridgehead atoms. The van der Waals surface area contributed by atoms with Gasteiger partial charge in [0.1, 0.15) is 17.5 Å². The first-order valence-electron chi connectivity index (χ1n) is 11.1. The van der Waals surface area contributed by atoms with Crippen molar-refractivity contribution < 1.29 is 27.4 Å². The van der Waals surface area contributed by atoms with E-state index < -0.39 is 29.0 Å². The smallest absolute Gasteiger partial charge is 0.382 e. The molecule has 0 aliphatic carbocycles. The second kappa shape index (κ2) is 12.3. The summed E-state index contributed by atoms with van der Waals surface area (Å²) in [4.78, 5) is 32.2. The highest BCUT2D eigenvalue weighted by Gasteiger charge is 2.37. The summed E-state index contributed by atoms with van der Waals surface area (Å²) >= 11 is 0. The van der Waals surface area contributed by atoms with Gasteiger partial charge in [0.15, 0.2) is 0 Å². The molecule has 2 N–H and O–H groups in total. The summed E-state index contributed by atoms with van der Waals surface area (Å²) in [6.07, 6.45) is -2.38. The zero-order chi connectivity index (χ0) is 26.1. The lowest BCUT2D eigenvalue weighted by Gasteiger charge is -2.35. The van der Waals surface area contributed by atoms with Gasteiger partial charge < -0.3 is 24.6 Å². The topological polar surface area (TPSA) is 136 Å². The van der Waals surface area contributed by atoms with E-state index in [-0.39, 0.29) is 32.1 Å². The number of nitriles is 1. The number of anilines is 2. The molecule has 0 radical (unpaired) electrons. The van der Waals surface area contributed by atoms with Gasteiger partial charge in [-0.15, -0.1) is 0 Å². The summed E-state index contributed by atoms with van der Waals surface area (Å²) < 4.78 is 50.3. The van der Waals surface area contributed by atoms with Gasteiger partial charge in [-0.05, 0) is 12.1 Å². The number of carbonyl (C=O) groups is 1. The van der Waals surface area contributed by atoms with Crippen molar-refractivity contribution in [1.29, 1.82) is 5.26 Å². The molecule has 1 amide bonds. The first kappa shape index (κ1) is 26.9. The number of halogens is 3. The Bertz CT molecular complexity index is 1110. The van der Waals surface area contributed by atoms with Crippen LogP contribution in [0.3, 0.4) is 0 Å². The number of aromatic nitrogens is 3. The van der Waals surface area contributed by atoms with Crippen LogP contribution in [0.5, 0.6) is 0 Å². The number of aromatic amines is 1. The van der Waals surface area contributed by atoms with Gasteiger partial charge in [-0.3, -0.25) is 9.59 Å². The minimum Gasteiger partial charge on any atom is -0.382 e. The molecule has 1 atom stereocenters. The second-order valence-corrected chi connectivity index (χ2v) is 7.99. The lowest BCUT2D eigenvalue weighted by atomic mass is 10.2. The molecule has 36 heavy (non-hydrogen) atoms. The molecule has 1 fully saturated rings. The molecule has 1 unspecified atom stereocenters. The number of alkyl halides is 3. The molecule has 1 saturated heterocycles. The van der Waals surface area contributed by atoms with Crippen LogP contribution in [-0.2, 0) is 20.4 Å². The number of piperazine rings is 1. The fourth-order valence-corrected chi connectivity index (χ4v) is 3.71. The lowest BCUT2D eigenvalue weighted by Crippen LogP contribution is -2.49. The van der Waals surface area contributed by atoms with Crippen molar-refractivity contribution in [3.8, 4) is 6.07 Å². The van der Waals surface area contributed by atoms with Crippen LogP contribution in [0.4, 0.5) is 24.7 Å². The summed E-state index contributed by atoms with van der Waals surface area (Å²) in [6, 6.07) is 4.78. The lowest BCUT2D eigenvalue weighted by molar-refractivity contribution is -0.138. The van der Waals surface area contributed by atoms with Gasteiger partial charge in [-0.25, -0.2) is 10.1 Å². The van der Waals surface area contributed by atoms with E-state index in [4.69, 9.17) is 14.7 Å². The van der Waals surface area contributed by atoms with E-state index in [9.17, 15) is 22.8 Å². The number of hydrogen-bond donors (Lipinski definition) is 2. The highest BCUT2D eigenvalue weighted by atomic mass is 19.4. The number of nitrogens with zero attached hydrogens (tertiary/aromatic N) is 5. The minimum absolute atomic E-state index is 0.00336. The Hall–Kier alpha value is -3.70. The van der Waals surface area contributed by atoms with Crippen molar-refractivity contribution in [3.63, 3.8) is 0 Å². The van der Waals surface area contributed by atoms with Crippen molar-refractivity contribution >= 4 is 17.4 Å². The Labute approximate surface area is 204 Å². The molecule has 2 aromatic rings. The van der Waals surface area contributed by atoms with Crippen LogP contribution < -0.4 is 15.8 Å². The molecule has 0 aromatic carbocycles. The standard InChI is InChI=1S/C22H26F3N7O4/c1-35-13-16(29-17-12-28-30-21(34)20(17)22(23,24)25)14-36-9-4-19(33)32-7-5-31(6-8-32)18-3-2-15(10-26)11-27-18/h2-3,11-12,16H,4-9,13-14H2,1H3,(H2,29,30,34). The van der Waals surface area contributed by atoms with Crippen molar-refractivity contribution in [3.05, 3.63) is 46.0 Å². The van der Waals surface area contributed by atoms with Gasteiger partial charge in [-0.1, -0.05) is 0 Å².